The van der Waals surface area contributed by atoms with Crippen LogP contribution in [0.5, 0.6) is 0 Å². The minimum atomic E-state index is -0.959. The molecule has 1 aromatic carbocycles. The van der Waals surface area contributed by atoms with Crippen LogP contribution in [0.1, 0.15) is 5.56 Å². The van der Waals surface area contributed by atoms with E-state index < -0.39 is 12.0 Å². The Labute approximate surface area is 116 Å². The summed E-state index contributed by atoms with van der Waals surface area (Å²) in [5, 5.41) is 8.52. The summed E-state index contributed by atoms with van der Waals surface area (Å²) in [7, 11) is 0. The number of nitrogens with two attached hydrogens (primary N) is 1. The largest absolute Gasteiger partial charge is 0.480 e. The maximum atomic E-state index is 10.8. The van der Waals surface area contributed by atoms with Crippen molar-refractivity contribution in [2.24, 2.45) is 5.73 Å². The molecule has 0 radical (unpaired) electrons. The van der Waals surface area contributed by atoms with Crippen molar-refractivity contribution in [3.05, 3.63) is 71.3 Å². The first-order valence-corrected chi connectivity index (χ1v) is 6.25. The van der Waals surface area contributed by atoms with Gasteiger partial charge in [0.2, 0.25) is 0 Å². The van der Waals surface area contributed by atoms with Gasteiger partial charge in [-0.05, 0) is 12.0 Å². The number of hydrogen-bond donors (Lipinski definition) is 2. The summed E-state index contributed by atoms with van der Waals surface area (Å²) in [6.07, 6.45) is 7.76. The fourth-order valence-corrected chi connectivity index (χ4v) is 1.89. The third-order valence-electron chi connectivity index (χ3n) is 3.02. The maximum absolute atomic E-state index is 10.8. The number of carbonyl (C=O) groups is 2. The zero-order chi connectivity index (χ0) is 14.5. The zero-order valence-electron chi connectivity index (χ0n) is 10.8. The SMILES string of the molecule is NC(Cc1ccccc1)C(=O)O.O=C1C2=CC=C1C=C2. The topological polar surface area (TPSA) is 80.4 Å². The van der Waals surface area contributed by atoms with Gasteiger partial charge in [0.05, 0.1) is 0 Å². The first-order chi connectivity index (χ1) is 9.58. The van der Waals surface area contributed by atoms with Crippen molar-refractivity contribution >= 4 is 11.8 Å². The molecule has 0 saturated heterocycles. The molecule has 4 nitrogen and oxygen atoms in total. The predicted octanol–water partition coefficient (Wildman–Crippen LogP) is 1.63. The van der Waals surface area contributed by atoms with Gasteiger partial charge in [-0.15, -0.1) is 0 Å². The number of carboxylic acid groups (broad SMARTS) is 1. The number of allylic oxidation sites excluding steroid dienone is 6. The highest BCUT2D eigenvalue weighted by Crippen LogP contribution is 2.23. The smallest absolute Gasteiger partial charge is 0.320 e. The molecule has 0 saturated carbocycles. The summed E-state index contributed by atoms with van der Waals surface area (Å²) in [6.45, 7) is 0. The molecule has 2 aliphatic rings. The van der Waals surface area contributed by atoms with Crippen molar-refractivity contribution in [2.45, 2.75) is 12.5 Å². The highest BCUT2D eigenvalue weighted by atomic mass is 16.4. The lowest BCUT2D eigenvalue weighted by Crippen LogP contribution is -2.32. The first-order valence-electron chi connectivity index (χ1n) is 6.25. The zero-order valence-corrected chi connectivity index (χ0v) is 10.8. The molecule has 4 heteroatoms. The van der Waals surface area contributed by atoms with E-state index in [0.29, 0.717) is 6.42 Å². The van der Waals surface area contributed by atoms with Crippen LogP contribution in [0.25, 0.3) is 0 Å². The summed E-state index contributed by atoms with van der Waals surface area (Å²) >= 11 is 0. The van der Waals surface area contributed by atoms with E-state index in [1.165, 1.54) is 0 Å². The van der Waals surface area contributed by atoms with Gasteiger partial charge in [0.25, 0.3) is 0 Å². The van der Waals surface area contributed by atoms with E-state index in [9.17, 15) is 9.59 Å². The monoisotopic (exact) mass is 269 g/mol. The minimum Gasteiger partial charge on any atom is -0.480 e. The number of benzene rings is 1. The van der Waals surface area contributed by atoms with Gasteiger partial charge in [-0.3, -0.25) is 9.59 Å². The molecule has 2 bridgehead atoms. The first kappa shape index (κ1) is 14.0. The van der Waals surface area contributed by atoms with Gasteiger partial charge in [0.1, 0.15) is 6.04 Å². The van der Waals surface area contributed by atoms with Crippen LogP contribution >= 0.6 is 0 Å². The summed E-state index contributed by atoms with van der Waals surface area (Å²) in [4.78, 5) is 21.1. The third kappa shape index (κ3) is 3.30. The molecule has 0 aromatic heterocycles. The normalized spacial score (nSPS) is 16.1. The number of rotatable bonds is 3. The van der Waals surface area contributed by atoms with Crippen molar-refractivity contribution in [1.29, 1.82) is 0 Å². The van der Waals surface area contributed by atoms with Crippen LogP contribution in [0.3, 0.4) is 0 Å². The molecule has 0 heterocycles. The summed E-state index contributed by atoms with van der Waals surface area (Å²) in [5.41, 5.74) is 7.97. The van der Waals surface area contributed by atoms with Gasteiger partial charge in [-0.1, -0.05) is 54.6 Å². The van der Waals surface area contributed by atoms with Gasteiger partial charge < -0.3 is 10.8 Å². The number of carbonyl (C=O) groups excluding carboxylic acids is 1. The number of carboxylic acids is 1. The van der Waals surface area contributed by atoms with E-state index in [0.717, 1.165) is 16.7 Å². The molecular weight excluding hydrogens is 254 g/mol. The Bertz CT molecular complexity index is 588. The average Bonchev–Trinajstić information content (AvgIpc) is 2.98. The van der Waals surface area contributed by atoms with E-state index in [1.807, 2.05) is 54.6 Å². The average molecular weight is 269 g/mol. The molecule has 102 valence electrons. The Morgan fingerprint density at radius 2 is 1.65 bits per heavy atom. The maximum Gasteiger partial charge on any atom is 0.320 e. The Balaban J connectivity index is 0.000000157. The second-order valence-electron chi connectivity index (χ2n) is 4.54. The summed E-state index contributed by atoms with van der Waals surface area (Å²) in [5.74, 6) is -0.774. The number of fused-ring (bicyclic) bond motifs is 2. The quantitative estimate of drug-likeness (QED) is 0.874. The molecule has 0 amide bonds. The van der Waals surface area contributed by atoms with E-state index in [-0.39, 0.29) is 5.78 Å². The van der Waals surface area contributed by atoms with Gasteiger partial charge in [-0.25, -0.2) is 0 Å². The lowest BCUT2D eigenvalue weighted by atomic mass is 10.1. The molecule has 0 spiro atoms. The van der Waals surface area contributed by atoms with Crippen LogP contribution in [0.4, 0.5) is 0 Å². The Kier molecular flexibility index (Phi) is 4.27. The van der Waals surface area contributed by atoms with Crippen LogP contribution in [0.2, 0.25) is 0 Å². The second-order valence-corrected chi connectivity index (χ2v) is 4.54. The second kappa shape index (κ2) is 6.12. The van der Waals surface area contributed by atoms with Crippen molar-refractivity contribution in [2.75, 3.05) is 0 Å². The minimum absolute atomic E-state index is 0.185. The van der Waals surface area contributed by atoms with Crippen molar-refractivity contribution in [1.82, 2.24) is 0 Å². The molecule has 3 rings (SSSR count). The van der Waals surface area contributed by atoms with E-state index in [2.05, 4.69) is 0 Å². The highest BCUT2D eigenvalue weighted by molar-refractivity contribution is 6.17. The standard InChI is InChI=1S/C9H11NO2.C7H4O/c10-8(9(11)12)6-7-4-2-1-3-5-7;8-7-5-1-2-6(7)4-3-5/h1-5,8H,6,10H2,(H,11,12);1-4H. The Hall–Kier alpha value is -2.46. The molecular formula is C16H15NO3. The Morgan fingerprint density at radius 1 is 1.10 bits per heavy atom. The fourth-order valence-electron chi connectivity index (χ4n) is 1.89. The number of hydrogen-bond acceptors (Lipinski definition) is 3. The van der Waals surface area contributed by atoms with Gasteiger partial charge in [0.15, 0.2) is 5.78 Å². The molecule has 1 unspecified atom stereocenters. The van der Waals surface area contributed by atoms with Crippen LogP contribution in [0.15, 0.2) is 65.8 Å². The fraction of sp³-hybridized carbons (Fsp3) is 0.125. The van der Waals surface area contributed by atoms with E-state index >= 15 is 0 Å². The van der Waals surface area contributed by atoms with Crippen LogP contribution in [-0.2, 0) is 16.0 Å². The van der Waals surface area contributed by atoms with Crippen molar-refractivity contribution in [3.63, 3.8) is 0 Å². The number of aliphatic carboxylic acids is 1. The van der Waals surface area contributed by atoms with Crippen LogP contribution < -0.4 is 5.73 Å². The van der Waals surface area contributed by atoms with E-state index in [4.69, 9.17) is 10.8 Å². The predicted molar refractivity (Wildman–Crippen MR) is 76.1 cm³/mol. The molecule has 0 aliphatic heterocycles. The third-order valence-corrected chi connectivity index (χ3v) is 3.02. The molecule has 3 N–H and O–H groups in total. The van der Waals surface area contributed by atoms with Gasteiger partial charge >= 0.3 is 5.97 Å². The summed E-state index contributed by atoms with van der Waals surface area (Å²) < 4.78 is 0. The molecule has 1 atom stereocenters. The number of Topliss-reactive ketones (excluding diaryl/α,β-unsaturated/α-hetero) is 1. The lowest BCUT2D eigenvalue weighted by molar-refractivity contribution is -0.138. The lowest BCUT2D eigenvalue weighted by Gasteiger charge is -2.04. The van der Waals surface area contributed by atoms with Gasteiger partial charge in [-0.2, -0.15) is 0 Å². The molecule has 1 aromatic rings. The van der Waals surface area contributed by atoms with Crippen LogP contribution in [0, 0.1) is 0 Å². The summed E-state index contributed by atoms with van der Waals surface area (Å²) in [6, 6.07) is 8.54. The van der Waals surface area contributed by atoms with Crippen LogP contribution in [-0.4, -0.2) is 22.9 Å². The number of ketones is 1. The molecule has 2 aliphatic carbocycles. The molecule has 20 heavy (non-hydrogen) atoms. The van der Waals surface area contributed by atoms with Crippen molar-refractivity contribution in [3.8, 4) is 0 Å². The molecule has 0 fully saturated rings. The highest BCUT2D eigenvalue weighted by Gasteiger charge is 2.20. The Morgan fingerprint density at radius 3 is 2.00 bits per heavy atom. The van der Waals surface area contributed by atoms with Crippen molar-refractivity contribution < 1.29 is 14.7 Å². The van der Waals surface area contributed by atoms with E-state index in [1.54, 1.807) is 0 Å². The van der Waals surface area contributed by atoms with Gasteiger partial charge in [0, 0.05) is 11.1 Å².